The van der Waals surface area contributed by atoms with Gasteiger partial charge in [0.15, 0.2) is 6.29 Å². The van der Waals surface area contributed by atoms with Gasteiger partial charge < -0.3 is 50.5 Å². The standard InChI is InChI=1S/C40H73NO10/c1-3-5-7-9-11-13-15-16-17-18-20-21-23-25-27-32(43)35(45)31(30-50-40-38(48)37(47)36(46)34(29-42)51-40)41-39(49)33(44)28-26-24-22-19-14-12-10-8-6-4-2/h7,9,15-16,20-21,31-38,40,42-48H,3-6,8,10-14,17-19,22-30H2,1-2H3,(H,41,49)/b9-7+,16-15+,21-20+. The van der Waals surface area contributed by atoms with Gasteiger partial charge in [-0.15, -0.1) is 0 Å². The molecular formula is C40H73NO10. The number of aliphatic hydroxyl groups is 7. The molecule has 1 fully saturated rings. The Bertz CT molecular complexity index is 929. The summed E-state index contributed by atoms with van der Waals surface area (Å²) < 4.78 is 11.0. The Morgan fingerprint density at radius 2 is 1.20 bits per heavy atom. The number of hydrogen-bond donors (Lipinski definition) is 8. The van der Waals surface area contributed by atoms with Crippen LogP contribution < -0.4 is 5.32 Å². The summed E-state index contributed by atoms with van der Waals surface area (Å²) in [6.45, 7) is 3.29. The van der Waals surface area contributed by atoms with Gasteiger partial charge in [-0.05, 0) is 57.8 Å². The first-order chi connectivity index (χ1) is 24.7. The molecule has 11 heteroatoms. The smallest absolute Gasteiger partial charge is 0.249 e. The molecule has 0 aliphatic carbocycles. The molecule has 1 amide bonds. The third-order valence-electron chi connectivity index (χ3n) is 9.38. The number of hydrogen-bond acceptors (Lipinski definition) is 10. The highest BCUT2D eigenvalue weighted by atomic mass is 16.7. The number of nitrogens with one attached hydrogen (secondary N) is 1. The fourth-order valence-corrected chi connectivity index (χ4v) is 6.01. The van der Waals surface area contributed by atoms with E-state index in [-0.39, 0.29) is 12.8 Å². The lowest BCUT2D eigenvalue weighted by Crippen LogP contribution is -2.60. The second kappa shape index (κ2) is 30.8. The monoisotopic (exact) mass is 728 g/mol. The van der Waals surface area contributed by atoms with Crippen LogP contribution in [0.2, 0.25) is 0 Å². The lowest BCUT2D eigenvalue weighted by Gasteiger charge is -2.40. The van der Waals surface area contributed by atoms with E-state index in [2.05, 4.69) is 49.5 Å². The molecule has 1 aliphatic rings. The van der Waals surface area contributed by atoms with Crippen molar-refractivity contribution < 1.29 is 50.0 Å². The van der Waals surface area contributed by atoms with Crippen molar-refractivity contribution in [1.82, 2.24) is 5.32 Å². The topological polar surface area (TPSA) is 189 Å². The molecular weight excluding hydrogens is 654 g/mol. The summed E-state index contributed by atoms with van der Waals surface area (Å²) >= 11 is 0. The van der Waals surface area contributed by atoms with Crippen LogP contribution in [-0.4, -0.2) is 110 Å². The summed E-state index contributed by atoms with van der Waals surface area (Å²) in [5.74, 6) is -0.718. The van der Waals surface area contributed by atoms with Crippen LogP contribution in [-0.2, 0) is 14.3 Å². The average molecular weight is 728 g/mol. The minimum absolute atomic E-state index is 0.241. The summed E-state index contributed by atoms with van der Waals surface area (Å²) in [5, 5.41) is 75.1. The molecule has 0 spiro atoms. The average Bonchev–Trinajstić information content (AvgIpc) is 3.13. The normalized spacial score (nSPS) is 23.7. The van der Waals surface area contributed by atoms with E-state index in [1.54, 1.807) is 0 Å². The third-order valence-corrected chi connectivity index (χ3v) is 9.38. The third kappa shape index (κ3) is 21.6. The SMILES string of the molecule is CCC/C=C/CC/C=C/CC/C=C/CCCC(O)C(O)C(COC1OC(CO)C(O)C(O)C1O)NC(=O)C(O)CCCCCCCCCCCC. The number of amides is 1. The van der Waals surface area contributed by atoms with Crippen molar-refractivity contribution >= 4 is 5.91 Å². The van der Waals surface area contributed by atoms with Gasteiger partial charge >= 0.3 is 0 Å². The van der Waals surface area contributed by atoms with Crippen molar-refractivity contribution in [3.63, 3.8) is 0 Å². The number of allylic oxidation sites excluding steroid dienone is 6. The van der Waals surface area contributed by atoms with Crippen LogP contribution in [0.4, 0.5) is 0 Å². The summed E-state index contributed by atoms with van der Waals surface area (Å²) in [4.78, 5) is 13.0. The minimum Gasteiger partial charge on any atom is -0.394 e. The largest absolute Gasteiger partial charge is 0.394 e. The summed E-state index contributed by atoms with van der Waals surface area (Å²) in [7, 11) is 0. The van der Waals surface area contributed by atoms with Crippen LogP contribution in [0.5, 0.6) is 0 Å². The first-order valence-electron chi connectivity index (χ1n) is 19.9. The van der Waals surface area contributed by atoms with Crippen molar-refractivity contribution in [1.29, 1.82) is 0 Å². The summed E-state index contributed by atoms with van der Waals surface area (Å²) in [6, 6.07) is -1.19. The van der Waals surface area contributed by atoms with Gasteiger partial charge in [-0.25, -0.2) is 0 Å². The van der Waals surface area contributed by atoms with Gasteiger partial charge in [-0.2, -0.15) is 0 Å². The molecule has 0 aromatic heterocycles. The lowest BCUT2D eigenvalue weighted by atomic mass is 9.98. The Labute approximate surface area is 307 Å². The quantitative estimate of drug-likeness (QED) is 0.0361. The fourth-order valence-electron chi connectivity index (χ4n) is 6.01. The molecule has 0 aromatic carbocycles. The van der Waals surface area contributed by atoms with E-state index >= 15 is 0 Å². The number of carbonyl (C=O) groups excluding carboxylic acids is 1. The van der Waals surface area contributed by atoms with Crippen molar-refractivity contribution in [3.05, 3.63) is 36.5 Å². The van der Waals surface area contributed by atoms with Gasteiger partial charge in [0, 0.05) is 0 Å². The van der Waals surface area contributed by atoms with Gasteiger partial charge in [0.25, 0.3) is 0 Å². The summed E-state index contributed by atoms with van der Waals surface area (Å²) in [5.41, 5.74) is 0. The van der Waals surface area contributed by atoms with E-state index in [0.29, 0.717) is 19.3 Å². The predicted molar refractivity (Wildman–Crippen MR) is 201 cm³/mol. The van der Waals surface area contributed by atoms with E-state index in [0.717, 1.165) is 51.4 Å². The molecule has 1 aliphatic heterocycles. The molecule has 9 unspecified atom stereocenters. The first kappa shape index (κ1) is 47.4. The zero-order valence-corrected chi connectivity index (χ0v) is 31.6. The Balaban J connectivity index is 2.60. The summed E-state index contributed by atoms with van der Waals surface area (Å²) in [6.07, 6.45) is 20.7. The highest BCUT2D eigenvalue weighted by Gasteiger charge is 2.44. The van der Waals surface area contributed by atoms with E-state index in [9.17, 15) is 40.5 Å². The van der Waals surface area contributed by atoms with Crippen LogP contribution in [0.15, 0.2) is 36.5 Å². The second-order valence-corrected chi connectivity index (χ2v) is 14.0. The van der Waals surface area contributed by atoms with Crippen LogP contribution in [0.25, 0.3) is 0 Å². The van der Waals surface area contributed by atoms with Crippen molar-refractivity contribution in [3.8, 4) is 0 Å². The number of aliphatic hydroxyl groups excluding tert-OH is 7. The zero-order chi connectivity index (χ0) is 37.7. The maximum atomic E-state index is 13.0. The van der Waals surface area contributed by atoms with E-state index in [1.807, 2.05) is 6.08 Å². The Kier molecular flexibility index (Phi) is 28.6. The molecule has 0 saturated carbocycles. The maximum absolute atomic E-state index is 13.0. The Morgan fingerprint density at radius 1 is 0.667 bits per heavy atom. The molecule has 0 radical (unpaired) electrons. The van der Waals surface area contributed by atoms with Gasteiger partial charge in [0.1, 0.15) is 36.6 Å². The molecule has 51 heavy (non-hydrogen) atoms. The van der Waals surface area contributed by atoms with Gasteiger partial charge in [-0.1, -0.05) is 121 Å². The van der Waals surface area contributed by atoms with Crippen molar-refractivity contribution in [2.45, 2.75) is 197 Å². The Hall–Kier alpha value is -1.67. The molecule has 0 bridgehead atoms. The Morgan fingerprint density at radius 3 is 1.75 bits per heavy atom. The number of rotatable bonds is 31. The minimum atomic E-state index is -1.67. The van der Waals surface area contributed by atoms with Crippen LogP contribution in [0.1, 0.15) is 142 Å². The number of unbranched alkanes of at least 4 members (excludes halogenated alkanes) is 13. The van der Waals surface area contributed by atoms with Crippen molar-refractivity contribution in [2.75, 3.05) is 13.2 Å². The zero-order valence-electron chi connectivity index (χ0n) is 31.6. The van der Waals surface area contributed by atoms with Gasteiger partial charge in [0.2, 0.25) is 5.91 Å². The van der Waals surface area contributed by atoms with Gasteiger partial charge in [-0.3, -0.25) is 4.79 Å². The number of carbonyl (C=O) groups is 1. The highest BCUT2D eigenvalue weighted by molar-refractivity contribution is 5.80. The molecule has 298 valence electrons. The second-order valence-electron chi connectivity index (χ2n) is 14.0. The lowest BCUT2D eigenvalue weighted by molar-refractivity contribution is -0.303. The number of ether oxygens (including phenoxy) is 2. The predicted octanol–water partition coefficient (Wildman–Crippen LogP) is 4.88. The van der Waals surface area contributed by atoms with Crippen LogP contribution >= 0.6 is 0 Å². The molecule has 9 atom stereocenters. The fraction of sp³-hybridized carbons (Fsp3) is 0.825. The van der Waals surface area contributed by atoms with E-state index in [4.69, 9.17) is 9.47 Å². The van der Waals surface area contributed by atoms with Gasteiger partial charge in [0.05, 0.1) is 25.4 Å². The van der Waals surface area contributed by atoms with E-state index < -0.39 is 74.2 Å². The molecule has 0 aromatic rings. The molecule has 1 saturated heterocycles. The highest BCUT2D eigenvalue weighted by Crippen LogP contribution is 2.23. The van der Waals surface area contributed by atoms with E-state index in [1.165, 1.54) is 44.9 Å². The maximum Gasteiger partial charge on any atom is 0.249 e. The molecule has 11 nitrogen and oxygen atoms in total. The van der Waals surface area contributed by atoms with Crippen LogP contribution in [0.3, 0.4) is 0 Å². The van der Waals surface area contributed by atoms with Crippen molar-refractivity contribution in [2.24, 2.45) is 0 Å². The molecule has 8 N–H and O–H groups in total. The van der Waals surface area contributed by atoms with Crippen LogP contribution in [0, 0.1) is 0 Å². The first-order valence-corrected chi connectivity index (χ1v) is 19.9. The molecule has 1 rings (SSSR count). The molecule has 1 heterocycles.